The fraction of sp³-hybridized carbons (Fsp3) is 0.304. The van der Waals surface area contributed by atoms with E-state index in [-0.39, 0.29) is 17.6 Å². The normalized spacial score (nSPS) is 16.6. The summed E-state index contributed by atoms with van der Waals surface area (Å²) in [6, 6.07) is 11.6. The molecule has 7 nitrogen and oxygen atoms in total. The molecule has 1 saturated heterocycles. The minimum absolute atomic E-state index is 0.104. The highest BCUT2D eigenvalue weighted by molar-refractivity contribution is 5.92. The van der Waals surface area contributed by atoms with E-state index in [2.05, 4.69) is 25.5 Å². The number of pyridine rings is 1. The molecule has 0 radical (unpaired) electrons. The van der Waals surface area contributed by atoms with Gasteiger partial charge in [0.1, 0.15) is 5.82 Å². The van der Waals surface area contributed by atoms with Crippen molar-refractivity contribution in [2.24, 2.45) is 0 Å². The first-order chi connectivity index (χ1) is 15.0. The number of aryl methyl sites for hydroxylation is 1. The molecule has 1 aliphatic heterocycles. The first-order valence-electron chi connectivity index (χ1n) is 10.4. The minimum Gasteiger partial charge on any atom is -0.325 e. The van der Waals surface area contributed by atoms with Crippen LogP contribution in [-0.4, -0.2) is 45.4 Å². The molecule has 0 spiro atoms. The van der Waals surface area contributed by atoms with Crippen molar-refractivity contribution in [3.63, 3.8) is 0 Å². The smallest absolute Gasteiger partial charge is 0.238 e. The Labute approximate surface area is 180 Å². The molecule has 2 N–H and O–H groups in total. The van der Waals surface area contributed by atoms with Gasteiger partial charge < -0.3 is 10.6 Å². The summed E-state index contributed by atoms with van der Waals surface area (Å²) in [5, 5.41) is 6.06. The van der Waals surface area contributed by atoms with Crippen LogP contribution in [0.25, 0.3) is 0 Å². The highest BCUT2D eigenvalue weighted by Crippen LogP contribution is 2.28. The van der Waals surface area contributed by atoms with Crippen LogP contribution in [0.15, 0.2) is 54.9 Å². The van der Waals surface area contributed by atoms with Gasteiger partial charge >= 0.3 is 0 Å². The van der Waals surface area contributed by atoms with Crippen molar-refractivity contribution in [1.29, 1.82) is 0 Å². The van der Waals surface area contributed by atoms with Crippen LogP contribution in [0.4, 0.5) is 21.7 Å². The minimum atomic E-state index is -0.324. The maximum absolute atomic E-state index is 13.0. The molecule has 8 heteroatoms. The van der Waals surface area contributed by atoms with Crippen molar-refractivity contribution in [3.05, 3.63) is 72.1 Å². The Hall–Kier alpha value is -3.39. The third kappa shape index (κ3) is 5.82. The molecule has 3 aromatic rings. The van der Waals surface area contributed by atoms with Gasteiger partial charge in [-0.2, -0.15) is 0 Å². The molecular weight excluding hydrogens is 395 g/mol. The highest BCUT2D eigenvalue weighted by Gasteiger charge is 2.24. The molecule has 1 aliphatic rings. The lowest BCUT2D eigenvalue weighted by Crippen LogP contribution is -2.40. The summed E-state index contributed by atoms with van der Waals surface area (Å²) in [6.45, 7) is 3.89. The summed E-state index contributed by atoms with van der Waals surface area (Å²) in [7, 11) is 0. The third-order valence-corrected chi connectivity index (χ3v) is 5.21. The molecule has 3 heterocycles. The molecule has 1 amide bonds. The lowest BCUT2D eigenvalue weighted by Gasteiger charge is -2.32. The van der Waals surface area contributed by atoms with Gasteiger partial charge in [-0.25, -0.2) is 14.4 Å². The van der Waals surface area contributed by atoms with Crippen molar-refractivity contribution in [1.82, 2.24) is 19.9 Å². The number of piperidine rings is 1. The number of carbonyl (C=O) groups is 1. The number of hydrogen-bond donors (Lipinski definition) is 2. The number of hydrogen-bond acceptors (Lipinski definition) is 6. The van der Waals surface area contributed by atoms with E-state index in [1.54, 1.807) is 30.6 Å². The van der Waals surface area contributed by atoms with Crippen LogP contribution in [0.5, 0.6) is 0 Å². The number of amides is 1. The topological polar surface area (TPSA) is 83.0 Å². The molecule has 4 rings (SSSR count). The average molecular weight is 420 g/mol. The third-order valence-electron chi connectivity index (χ3n) is 5.21. The predicted octanol–water partition coefficient (Wildman–Crippen LogP) is 3.88. The van der Waals surface area contributed by atoms with Gasteiger partial charge in [-0.3, -0.25) is 14.7 Å². The van der Waals surface area contributed by atoms with Crippen LogP contribution < -0.4 is 10.6 Å². The van der Waals surface area contributed by atoms with E-state index in [4.69, 9.17) is 4.98 Å². The van der Waals surface area contributed by atoms with Crippen LogP contribution in [-0.2, 0) is 4.79 Å². The van der Waals surface area contributed by atoms with Gasteiger partial charge in [0.2, 0.25) is 11.9 Å². The van der Waals surface area contributed by atoms with E-state index in [0.29, 0.717) is 18.2 Å². The number of carbonyl (C=O) groups excluding carboxylic acids is 1. The fourth-order valence-electron chi connectivity index (χ4n) is 3.85. The maximum Gasteiger partial charge on any atom is 0.238 e. The van der Waals surface area contributed by atoms with Gasteiger partial charge in [0.25, 0.3) is 0 Å². The number of anilines is 3. The number of aromatic nitrogens is 3. The highest BCUT2D eigenvalue weighted by atomic mass is 19.1. The van der Waals surface area contributed by atoms with Crippen LogP contribution in [0, 0.1) is 12.7 Å². The maximum atomic E-state index is 13.0. The molecule has 160 valence electrons. The number of likely N-dealkylation sites (tertiary alicyclic amines) is 1. The van der Waals surface area contributed by atoms with Gasteiger partial charge in [-0.15, -0.1) is 0 Å². The Morgan fingerprint density at radius 1 is 1.16 bits per heavy atom. The van der Waals surface area contributed by atoms with Gasteiger partial charge in [-0.1, -0.05) is 0 Å². The van der Waals surface area contributed by atoms with Crippen molar-refractivity contribution in [2.45, 2.75) is 25.7 Å². The Morgan fingerprint density at radius 2 is 1.94 bits per heavy atom. The van der Waals surface area contributed by atoms with E-state index in [9.17, 15) is 9.18 Å². The lowest BCUT2D eigenvalue weighted by atomic mass is 9.93. The Morgan fingerprint density at radius 3 is 2.71 bits per heavy atom. The van der Waals surface area contributed by atoms with Gasteiger partial charge in [0.05, 0.1) is 6.54 Å². The molecule has 1 atom stereocenters. The number of nitrogens with one attached hydrogen (secondary N) is 2. The number of halogens is 1. The van der Waals surface area contributed by atoms with Crippen LogP contribution >= 0.6 is 0 Å². The van der Waals surface area contributed by atoms with Gasteiger partial charge in [0.15, 0.2) is 0 Å². The zero-order valence-electron chi connectivity index (χ0n) is 17.4. The van der Waals surface area contributed by atoms with Crippen LogP contribution in [0.2, 0.25) is 0 Å². The molecule has 2 aromatic heterocycles. The van der Waals surface area contributed by atoms with Crippen molar-refractivity contribution >= 4 is 23.2 Å². The second-order valence-electron chi connectivity index (χ2n) is 7.75. The Kier molecular flexibility index (Phi) is 6.47. The van der Waals surface area contributed by atoms with E-state index in [1.165, 1.54) is 12.1 Å². The quantitative estimate of drug-likeness (QED) is 0.630. The number of benzene rings is 1. The SMILES string of the molecule is Cc1cc(Nc2ncccn2)cc([C@@H]2CCCN(CC(=O)Nc3ccc(F)cc3)C2)n1. The van der Waals surface area contributed by atoms with E-state index >= 15 is 0 Å². The monoisotopic (exact) mass is 420 g/mol. The first-order valence-corrected chi connectivity index (χ1v) is 10.4. The molecular formula is C23H25FN6O. The second kappa shape index (κ2) is 9.61. The van der Waals surface area contributed by atoms with Gasteiger partial charge in [-0.05, 0) is 68.8 Å². The molecule has 31 heavy (non-hydrogen) atoms. The van der Waals surface area contributed by atoms with Crippen molar-refractivity contribution < 1.29 is 9.18 Å². The fourth-order valence-corrected chi connectivity index (χ4v) is 3.85. The molecule has 1 aromatic carbocycles. The predicted molar refractivity (Wildman–Crippen MR) is 118 cm³/mol. The Bertz CT molecular complexity index is 1030. The Balaban J connectivity index is 1.39. The molecule has 0 saturated carbocycles. The van der Waals surface area contributed by atoms with Crippen LogP contribution in [0.1, 0.15) is 30.1 Å². The van der Waals surface area contributed by atoms with Crippen molar-refractivity contribution in [3.8, 4) is 0 Å². The second-order valence-corrected chi connectivity index (χ2v) is 7.75. The van der Waals surface area contributed by atoms with E-state index < -0.39 is 0 Å². The zero-order valence-corrected chi connectivity index (χ0v) is 17.4. The molecule has 0 aliphatic carbocycles. The van der Waals surface area contributed by atoms with Crippen molar-refractivity contribution in [2.75, 3.05) is 30.3 Å². The van der Waals surface area contributed by atoms with Gasteiger partial charge in [0, 0.05) is 47.6 Å². The van der Waals surface area contributed by atoms with E-state index in [0.717, 1.165) is 43.0 Å². The van der Waals surface area contributed by atoms with E-state index in [1.807, 2.05) is 19.1 Å². The summed E-state index contributed by atoms with van der Waals surface area (Å²) in [4.78, 5) is 27.7. The summed E-state index contributed by atoms with van der Waals surface area (Å²) < 4.78 is 13.0. The number of rotatable bonds is 6. The number of nitrogens with zero attached hydrogens (tertiary/aromatic N) is 4. The summed E-state index contributed by atoms with van der Waals surface area (Å²) in [5.41, 5.74) is 3.42. The first kappa shape index (κ1) is 20.9. The summed E-state index contributed by atoms with van der Waals surface area (Å²) >= 11 is 0. The standard InChI is InChI=1S/C23H25FN6O/c1-16-12-20(29-23-25-9-3-10-26-23)13-21(27-16)17-4-2-11-30(14-17)15-22(31)28-19-7-5-18(24)6-8-19/h3,5-10,12-13,17H,2,4,11,14-15H2,1H3,(H,28,31)(H,25,26,27,29)/t17-/m1/s1. The largest absolute Gasteiger partial charge is 0.325 e. The molecule has 0 unspecified atom stereocenters. The average Bonchev–Trinajstić information content (AvgIpc) is 2.76. The van der Waals surface area contributed by atoms with Crippen LogP contribution in [0.3, 0.4) is 0 Å². The summed E-state index contributed by atoms with van der Waals surface area (Å²) in [6.07, 6.45) is 5.41. The molecule has 1 fully saturated rings. The zero-order chi connectivity index (χ0) is 21.6. The lowest BCUT2D eigenvalue weighted by molar-refractivity contribution is -0.117. The molecule has 0 bridgehead atoms. The summed E-state index contributed by atoms with van der Waals surface area (Å²) in [5.74, 6) is 0.356.